The van der Waals surface area contributed by atoms with Gasteiger partial charge in [-0.2, -0.15) is 0 Å². The summed E-state index contributed by atoms with van der Waals surface area (Å²) in [4.78, 5) is 16.4. The van der Waals surface area contributed by atoms with E-state index >= 15 is 0 Å². The largest absolute Gasteiger partial charge is 0.490 e. The van der Waals surface area contributed by atoms with Crippen molar-refractivity contribution in [1.29, 1.82) is 0 Å². The highest BCUT2D eigenvalue weighted by molar-refractivity contribution is 7.90. The lowest BCUT2D eigenvalue weighted by Crippen LogP contribution is -2.49. The SMILES string of the molecule is CS(=O)(=O)c1ccc(N2CCN(C(=O)Cc3cc(S(N)(=O)=O)ccc3OC3CCCC3)CC2)c(F)c1. The molecular weight excluding hydrogens is 509 g/mol. The van der Waals surface area contributed by atoms with Crippen molar-refractivity contribution in [3.05, 3.63) is 47.8 Å². The van der Waals surface area contributed by atoms with Crippen LogP contribution in [0, 0.1) is 5.82 Å². The fraction of sp³-hybridized carbons (Fsp3) is 0.458. The molecule has 36 heavy (non-hydrogen) atoms. The van der Waals surface area contributed by atoms with Gasteiger partial charge in [0.25, 0.3) is 0 Å². The average Bonchev–Trinajstić information content (AvgIpc) is 3.32. The molecule has 0 spiro atoms. The van der Waals surface area contributed by atoms with Gasteiger partial charge < -0.3 is 14.5 Å². The van der Waals surface area contributed by atoms with Crippen LogP contribution < -0.4 is 14.8 Å². The summed E-state index contributed by atoms with van der Waals surface area (Å²) >= 11 is 0. The Morgan fingerprint density at radius 3 is 2.22 bits per heavy atom. The average molecular weight is 540 g/mol. The van der Waals surface area contributed by atoms with Crippen molar-refractivity contribution >= 4 is 31.5 Å². The van der Waals surface area contributed by atoms with Gasteiger partial charge >= 0.3 is 0 Å². The van der Waals surface area contributed by atoms with E-state index in [0.29, 0.717) is 37.5 Å². The Morgan fingerprint density at radius 2 is 1.64 bits per heavy atom. The van der Waals surface area contributed by atoms with Crippen LogP contribution in [-0.4, -0.2) is 66.2 Å². The Hall–Kier alpha value is -2.70. The van der Waals surface area contributed by atoms with Gasteiger partial charge in [-0.1, -0.05) is 0 Å². The molecule has 1 saturated carbocycles. The maximum Gasteiger partial charge on any atom is 0.238 e. The quantitative estimate of drug-likeness (QED) is 0.571. The van der Waals surface area contributed by atoms with Gasteiger partial charge in [-0.05, 0) is 62.1 Å². The van der Waals surface area contributed by atoms with Crippen molar-refractivity contribution in [3.63, 3.8) is 0 Å². The van der Waals surface area contributed by atoms with Crippen LogP contribution in [0.25, 0.3) is 0 Å². The molecule has 0 bridgehead atoms. The smallest absolute Gasteiger partial charge is 0.238 e. The zero-order valence-corrected chi connectivity index (χ0v) is 21.7. The number of piperazine rings is 1. The van der Waals surface area contributed by atoms with E-state index < -0.39 is 25.7 Å². The van der Waals surface area contributed by atoms with E-state index in [9.17, 15) is 26.0 Å². The first-order valence-electron chi connectivity index (χ1n) is 11.8. The van der Waals surface area contributed by atoms with Crippen molar-refractivity contribution < 1.29 is 30.8 Å². The molecule has 9 nitrogen and oxygen atoms in total. The van der Waals surface area contributed by atoms with Crippen LogP contribution in [0.4, 0.5) is 10.1 Å². The van der Waals surface area contributed by atoms with Gasteiger partial charge in [0.15, 0.2) is 9.84 Å². The monoisotopic (exact) mass is 539 g/mol. The lowest BCUT2D eigenvalue weighted by atomic mass is 10.1. The number of hydrogen-bond acceptors (Lipinski definition) is 7. The Kier molecular flexibility index (Phi) is 7.58. The molecule has 1 aliphatic carbocycles. The van der Waals surface area contributed by atoms with Crippen LogP contribution in [0.5, 0.6) is 5.75 Å². The Bertz CT molecular complexity index is 1350. The molecule has 2 fully saturated rings. The number of carbonyl (C=O) groups excluding carboxylic acids is 1. The molecule has 0 radical (unpaired) electrons. The minimum Gasteiger partial charge on any atom is -0.490 e. The van der Waals surface area contributed by atoms with E-state index in [2.05, 4.69) is 0 Å². The summed E-state index contributed by atoms with van der Waals surface area (Å²) in [7, 11) is -7.46. The molecule has 0 unspecified atom stereocenters. The summed E-state index contributed by atoms with van der Waals surface area (Å²) in [5, 5.41) is 5.30. The van der Waals surface area contributed by atoms with Gasteiger partial charge in [0.1, 0.15) is 11.6 Å². The summed E-state index contributed by atoms with van der Waals surface area (Å²) in [6.07, 6.45) is 4.96. The summed E-state index contributed by atoms with van der Waals surface area (Å²) < 4.78 is 67.8. The molecule has 196 valence electrons. The number of primary sulfonamides is 1. The number of anilines is 1. The van der Waals surface area contributed by atoms with Crippen LogP contribution >= 0.6 is 0 Å². The minimum absolute atomic E-state index is 0.0340. The third kappa shape index (κ3) is 6.16. The molecule has 0 atom stereocenters. The molecule has 0 aromatic heterocycles. The molecule has 1 aliphatic heterocycles. The summed E-state index contributed by atoms with van der Waals surface area (Å²) in [5.41, 5.74) is 0.742. The number of amides is 1. The van der Waals surface area contributed by atoms with Crippen molar-refractivity contribution in [2.45, 2.75) is 48.0 Å². The number of sulfonamides is 1. The van der Waals surface area contributed by atoms with Gasteiger partial charge in [-0.3, -0.25) is 4.79 Å². The molecule has 2 aromatic rings. The Morgan fingerprint density at radius 1 is 1.00 bits per heavy atom. The number of ether oxygens (including phenoxy) is 1. The highest BCUT2D eigenvalue weighted by Crippen LogP contribution is 2.29. The van der Waals surface area contributed by atoms with Crippen molar-refractivity contribution in [1.82, 2.24) is 4.90 Å². The van der Waals surface area contributed by atoms with Gasteiger partial charge in [-0.25, -0.2) is 26.4 Å². The number of nitrogens with zero attached hydrogens (tertiary/aromatic N) is 2. The highest BCUT2D eigenvalue weighted by Gasteiger charge is 2.26. The standard InChI is InChI=1S/C24H30FN3O6S2/c1-35(30,31)19-6-8-22(21(25)16-19)27-10-12-28(13-11-27)24(29)15-17-14-20(36(26,32)33)7-9-23(17)34-18-4-2-3-5-18/h6-9,14,16,18H,2-5,10-13,15H2,1H3,(H2,26,32,33). The van der Waals surface area contributed by atoms with Crippen molar-refractivity contribution in [2.24, 2.45) is 5.14 Å². The highest BCUT2D eigenvalue weighted by atomic mass is 32.2. The number of halogens is 1. The maximum absolute atomic E-state index is 14.6. The van der Waals surface area contributed by atoms with Crippen molar-refractivity contribution in [2.75, 3.05) is 37.3 Å². The summed E-state index contributed by atoms with van der Waals surface area (Å²) in [6.45, 7) is 1.40. The third-order valence-corrected chi connectivity index (χ3v) is 8.64. The predicted octanol–water partition coefficient (Wildman–Crippen LogP) is 2.09. The topological polar surface area (TPSA) is 127 Å². The zero-order valence-electron chi connectivity index (χ0n) is 20.0. The molecule has 2 aromatic carbocycles. The maximum atomic E-state index is 14.6. The van der Waals surface area contributed by atoms with Crippen LogP contribution in [0.15, 0.2) is 46.2 Å². The van der Waals surface area contributed by atoms with E-state index in [0.717, 1.165) is 38.0 Å². The molecule has 2 N–H and O–H groups in total. The molecule has 1 amide bonds. The van der Waals surface area contributed by atoms with E-state index in [-0.39, 0.29) is 33.9 Å². The summed E-state index contributed by atoms with van der Waals surface area (Å²) in [5.74, 6) is -0.356. The van der Waals surface area contributed by atoms with E-state index in [1.807, 2.05) is 0 Å². The Balaban J connectivity index is 1.45. The first-order chi connectivity index (χ1) is 16.9. The van der Waals surface area contributed by atoms with E-state index in [4.69, 9.17) is 9.88 Å². The molecule has 1 heterocycles. The van der Waals surface area contributed by atoms with Gasteiger partial charge in [0.2, 0.25) is 15.9 Å². The minimum atomic E-state index is -3.94. The molecule has 2 aliphatic rings. The predicted molar refractivity (Wildman–Crippen MR) is 133 cm³/mol. The molecular formula is C24H30FN3O6S2. The zero-order chi connectivity index (χ0) is 26.1. The Labute approximate surface area is 211 Å². The number of nitrogens with two attached hydrogens (primary N) is 1. The lowest BCUT2D eigenvalue weighted by Gasteiger charge is -2.36. The van der Waals surface area contributed by atoms with Crippen LogP contribution in [-0.2, 0) is 31.1 Å². The molecule has 12 heteroatoms. The first kappa shape index (κ1) is 26.4. The lowest BCUT2D eigenvalue weighted by molar-refractivity contribution is -0.130. The third-order valence-electron chi connectivity index (χ3n) is 6.62. The second-order valence-electron chi connectivity index (χ2n) is 9.27. The fourth-order valence-electron chi connectivity index (χ4n) is 4.62. The second-order valence-corrected chi connectivity index (χ2v) is 12.8. The van der Waals surface area contributed by atoms with E-state index in [1.165, 1.54) is 24.3 Å². The van der Waals surface area contributed by atoms with Gasteiger partial charge in [0, 0.05) is 38.0 Å². The van der Waals surface area contributed by atoms with Crippen LogP contribution in [0.2, 0.25) is 0 Å². The fourth-order valence-corrected chi connectivity index (χ4v) is 5.81. The number of sulfone groups is 1. The molecule has 1 saturated heterocycles. The summed E-state index contributed by atoms with van der Waals surface area (Å²) in [6, 6.07) is 8.15. The number of hydrogen-bond donors (Lipinski definition) is 1. The van der Waals surface area contributed by atoms with Crippen LogP contribution in [0.1, 0.15) is 31.2 Å². The van der Waals surface area contributed by atoms with Crippen LogP contribution in [0.3, 0.4) is 0 Å². The molecule has 4 rings (SSSR count). The van der Waals surface area contributed by atoms with Crippen molar-refractivity contribution in [3.8, 4) is 5.75 Å². The number of rotatable bonds is 7. The first-order valence-corrected chi connectivity index (χ1v) is 15.2. The normalized spacial score (nSPS) is 17.4. The number of benzene rings is 2. The number of carbonyl (C=O) groups is 1. The van der Waals surface area contributed by atoms with Gasteiger partial charge in [0.05, 0.1) is 28.0 Å². The second kappa shape index (κ2) is 10.3. The van der Waals surface area contributed by atoms with E-state index in [1.54, 1.807) is 15.9 Å². The van der Waals surface area contributed by atoms with Gasteiger partial charge in [-0.15, -0.1) is 0 Å².